The fourth-order valence-electron chi connectivity index (χ4n) is 2.91. The molecule has 0 aliphatic carbocycles. The number of nitrogens with zero attached hydrogens (tertiary/aromatic N) is 6. The maximum Gasteiger partial charge on any atom is 0.153 e. The van der Waals surface area contributed by atoms with Crippen molar-refractivity contribution < 1.29 is 0 Å². The number of anilines is 2. The second-order valence-electron chi connectivity index (χ2n) is 5.51. The summed E-state index contributed by atoms with van der Waals surface area (Å²) in [6, 6.07) is 9.95. The van der Waals surface area contributed by atoms with E-state index in [1.807, 2.05) is 18.3 Å². The smallest absolute Gasteiger partial charge is 0.153 e. The Morgan fingerprint density at radius 3 is 3.09 bits per heavy atom. The first kappa shape index (κ1) is 13.5. The van der Waals surface area contributed by atoms with Crippen LogP contribution in [0.15, 0.2) is 42.9 Å². The van der Waals surface area contributed by atoms with E-state index in [2.05, 4.69) is 31.4 Å². The van der Waals surface area contributed by atoms with Crippen LogP contribution in [0.4, 0.5) is 11.6 Å². The standard InChI is InChI=1S/C16H15N7/c17-10-12-2-1-6-19-16(12)22-8-5-13(11-22)20-14-3-4-15-18-7-9-23(15)21-14/h1-4,6-7,9,13H,5,8,11H2,(H,20,21). The molecular weight excluding hydrogens is 290 g/mol. The molecular formula is C16H15N7. The van der Waals surface area contributed by atoms with Crippen molar-refractivity contribution in [3.63, 3.8) is 0 Å². The van der Waals surface area contributed by atoms with Crippen molar-refractivity contribution in [2.24, 2.45) is 0 Å². The van der Waals surface area contributed by atoms with E-state index in [4.69, 9.17) is 0 Å². The fraction of sp³-hybridized carbons (Fsp3) is 0.250. The van der Waals surface area contributed by atoms with Crippen LogP contribution in [0.1, 0.15) is 12.0 Å². The molecule has 23 heavy (non-hydrogen) atoms. The van der Waals surface area contributed by atoms with E-state index in [0.29, 0.717) is 5.56 Å². The quantitative estimate of drug-likeness (QED) is 0.793. The van der Waals surface area contributed by atoms with Gasteiger partial charge in [-0.1, -0.05) is 0 Å². The third-order valence-corrected chi connectivity index (χ3v) is 4.00. The first-order chi connectivity index (χ1) is 11.3. The number of imidazole rings is 1. The minimum Gasteiger partial charge on any atom is -0.364 e. The molecule has 1 aliphatic rings. The van der Waals surface area contributed by atoms with Crippen LogP contribution in [0, 0.1) is 11.3 Å². The summed E-state index contributed by atoms with van der Waals surface area (Å²) in [5, 5.41) is 17.1. The molecule has 0 bridgehead atoms. The van der Waals surface area contributed by atoms with Gasteiger partial charge in [-0.25, -0.2) is 14.5 Å². The maximum atomic E-state index is 9.21. The average Bonchev–Trinajstić information content (AvgIpc) is 3.23. The average molecular weight is 305 g/mol. The SMILES string of the molecule is N#Cc1cccnc1N1CCC(Nc2ccc3nccn3n2)C1. The lowest BCUT2D eigenvalue weighted by Gasteiger charge is -2.19. The second kappa shape index (κ2) is 5.57. The van der Waals surface area contributed by atoms with Crippen molar-refractivity contribution in [1.29, 1.82) is 5.26 Å². The predicted octanol–water partition coefficient (Wildman–Crippen LogP) is 1.69. The van der Waals surface area contributed by atoms with E-state index in [-0.39, 0.29) is 6.04 Å². The third-order valence-electron chi connectivity index (χ3n) is 4.00. The van der Waals surface area contributed by atoms with Gasteiger partial charge in [0.2, 0.25) is 0 Å². The molecule has 0 saturated carbocycles. The van der Waals surface area contributed by atoms with Crippen molar-refractivity contribution in [3.8, 4) is 6.07 Å². The van der Waals surface area contributed by atoms with Crippen LogP contribution < -0.4 is 10.2 Å². The van der Waals surface area contributed by atoms with Crippen molar-refractivity contribution in [2.45, 2.75) is 12.5 Å². The number of hydrogen-bond donors (Lipinski definition) is 1. The lowest BCUT2D eigenvalue weighted by Crippen LogP contribution is -2.27. The van der Waals surface area contributed by atoms with Gasteiger partial charge < -0.3 is 10.2 Å². The second-order valence-corrected chi connectivity index (χ2v) is 5.51. The van der Waals surface area contributed by atoms with E-state index >= 15 is 0 Å². The Hall–Kier alpha value is -3.14. The van der Waals surface area contributed by atoms with Gasteiger partial charge in [0, 0.05) is 37.7 Å². The highest BCUT2D eigenvalue weighted by Crippen LogP contribution is 2.23. The van der Waals surface area contributed by atoms with Crippen LogP contribution >= 0.6 is 0 Å². The van der Waals surface area contributed by atoms with E-state index in [9.17, 15) is 5.26 Å². The molecule has 1 aliphatic heterocycles. The zero-order chi connectivity index (χ0) is 15.6. The topological polar surface area (TPSA) is 82.1 Å². The zero-order valence-corrected chi connectivity index (χ0v) is 12.4. The largest absolute Gasteiger partial charge is 0.364 e. The van der Waals surface area contributed by atoms with Crippen molar-refractivity contribution in [3.05, 3.63) is 48.4 Å². The molecule has 0 radical (unpaired) electrons. The van der Waals surface area contributed by atoms with Crippen LogP contribution in [0.3, 0.4) is 0 Å². The molecule has 0 spiro atoms. The van der Waals surface area contributed by atoms with Crippen LogP contribution in [0.25, 0.3) is 5.65 Å². The molecule has 3 aromatic rings. The molecule has 7 nitrogen and oxygen atoms in total. The summed E-state index contributed by atoms with van der Waals surface area (Å²) in [5.41, 5.74) is 1.45. The lowest BCUT2D eigenvalue weighted by molar-refractivity contribution is 0.788. The molecule has 3 aromatic heterocycles. The predicted molar refractivity (Wildman–Crippen MR) is 86.2 cm³/mol. The fourth-order valence-corrected chi connectivity index (χ4v) is 2.91. The molecule has 4 heterocycles. The Labute approximate surface area is 133 Å². The Morgan fingerprint density at radius 1 is 1.22 bits per heavy atom. The van der Waals surface area contributed by atoms with Crippen LogP contribution in [0.2, 0.25) is 0 Å². The monoisotopic (exact) mass is 305 g/mol. The first-order valence-corrected chi connectivity index (χ1v) is 7.50. The molecule has 1 atom stereocenters. The van der Waals surface area contributed by atoms with Crippen molar-refractivity contribution >= 4 is 17.3 Å². The van der Waals surface area contributed by atoms with Gasteiger partial charge in [0.25, 0.3) is 0 Å². The Balaban J connectivity index is 1.49. The molecule has 1 fully saturated rings. The van der Waals surface area contributed by atoms with Crippen LogP contribution in [-0.4, -0.2) is 38.7 Å². The number of nitrogens with one attached hydrogen (secondary N) is 1. The van der Waals surface area contributed by atoms with Gasteiger partial charge in [0.1, 0.15) is 17.7 Å². The zero-order valence-electron chi connectivity index (χ0n) is 12.4. The highest BCUT2D eigenvalue weighted by Gasteiger charge is 2.25. The van der Waals surface area contributed by atoms with Gasteiger partial charge in [-0.3, -0.25) is 0 Å². The molecule has 1 N–H and O–H groups in total. The number of fused-ring (bicyclic) bond motifs is 1. The van der Waals surface area contributed by atoms with Crippen LogP contribution in [-0.2, 0) is 0 Å². The summed E-state index contributed by atoms with van der Waals surface area (Å²) in [5.74, 6) is 1.58. The third kappa shape index (κ3) is 2.55. The summed E-state index contributed by atoms with van der Waals surface area (Å²) in [4.78, 5) is 10.7. The summed E-state index contributed by atoms with van der Waals surface area (Å²) < 4.78 is 1.75. The first-order valence-electron chi connectivity index (χ1n) is 7.50. The lowest BCUT2D eigenvalue weighted by atomic mass is 10.2. The molecule has 4 rings (SSSR count). The summed E-state index contributed by atoms with van der Waals surface area (Å²) in [6.07, 6.45) is 6.26. The molecule has 0 amide bonds. The van der Waals surface area contributed by atoms with Gasteiger partial charge in [0.05, 0.1) is 5.56 Å². The number of nitriles is 1. The normalized spacial score (nSPS) is 17.3. The number of rotatable bonds is 3. The molecule has 1 saturated heterocycles. The van der Waals surface area contributed by atoms with Crippen molar-refractivity contribution in [1.82, 2.24) is 19.6 Å². The van der Waals surface area contributed by atoms with E-state index in [0.717, 1.165) is 36.8 Å². The van der Waals surface area contributed by atoms with Crippen LogP contribution in [0.5, 0.6) is 0 Å². The van der Waals surface area contributed by atoms with Gasteiger partial charge in [-0.15, -0.1) is 5.10 Å². The van der Waals surface area contributed by atoms with E-state index < -0.39 is 0 Å². The summed E-state index contributed by atoms with van der Waals surface area (Å²) in [6.45, 7) is 1.67. The minimum atomic E-state index is 0.275. The minimum absolute atomic E-state index is 0.275. The Bertz CT molecular complexity index is 879. The van der Waals surface area contributed by atoms with Gasteiger partial charge in [-0.05, 0) is 30.7 Å². The van der Waals surface area contributed by atoms with E-state index in [1.165, 1.54) is 0 Å². The molecule has 1 unspecified atom stereocenters. The summed E-state index contributed by atoms with van der Waals surface area (Å²) >= 11 is 0. The highest BCUT2D eigenvalue weighted by atomic mass is 15.3. The molecule has 114 valence electrons. The Morgan fingerprint density at radius 2 is 2.17 bits per heavy atom. The maximum absolute atomic E-state index is 9.21. The number of aromatic nitrogens is 4. The summed E-state index contributed by atoms with van der Waals surface area (Å²) in [7, 11) is 0. The number of pyridine rings is 1. The molecule has 7 heteroatoms. The van der Waals surface area contributed by atoms with Gasteiger partial charge >= 0.3 is 0 Å². The highest BCUT2D eigenvalue weighted by molar-refractivity contribution is 5.55. The van der Waals surface area contributed by atoms with Crippen molar-refractivity contribution in [2.75, 3.05) is 23.3 Å². The number of hydrogen-bond acceptors (Lipinski definition) is 6. The van der Waals surface area contributed by atoms with Gasteiger partial charge in [-0.2, -0.15) is 5.26 Å². The Kier molecular flexibility index (Phi) is 3.27. The molecule has 0 aromatic carbocycles. The van der Waals surface area contributed by atoms with Gasteiger partial charge in [0.15, 0.2) is 5.65 Å². The van der Waals surface area contributed by atoms with E-state index in [1.54, 1.807) is 29.0 Å².